The lowest BCUT2D eigenvalue weighted by atomic mass is 9.97. The molecule has 29 heavy (non-hydrogen) atoms. The molecule has 1 N–H and O–H groups in total. The highest BCUT2D eigenvalue weighted by molar-refractivity contribution is 7.88. The van der Waals surface area contributed by atoms with Crippen LogP contribution in [0.15, 0.2) is 48.5 Å². The number of carbonyl (C=O) groups is 1. The van der Waals surface area contributed by atoms with E-state index in [1.807, 2.05) is 24.3 Å². The van der Waals surface area contributed by atoms with Gasteiger partial charge in [-0.2, -0.15) is 0 Å². The molecule has 7 heteroatoms. The number of nitrogens with zero attached hydrogens (tertiary/aromatic N) is 1. The van der Waals surface area contributed by atoms with Crippen LogP contribution in [0, 0.1) is 5.92 Å². The van der Waals surface area contributed by atoms with E-state index in [4.69, 9.17) is 11.6 Å². The third-order valence-corrected chi connectivity index (χ3v) is 7.43. The van der Waals surface area contributed by atoms with Crippen LogP contribution in [0.5, 0.6) is 0 Å². The van der Waals surface area contributed by atoms with Gasteiger partial charge in [0.1, 0.15) is 0 Å². The third kappa shape index (κ3) is 5.81. The first kappa shape index (κ1) is 21.8. The number of amides is 1. The predicted octanol–water partition coefficient (Wildman–Crippen LogP) is 4.64. The summed E-state index contributed by atoms with van der Waals surface area (Å²) in [4.78, 5) is 12.6. The van der Waals surface area contributed by atoms with Crippen LogP contribution < -0.4 is 5.32 Å². The average molecular weight is 435 g/mol. The van der Waals surface area contributed by atoms with Crippen molar-refractivity contribution in [1.29, 1.82) is 0 Å². The van der Waals surface area contributed by atoms with Crippen LogP contribution in [0.3, 0.4) is 0 Å². The fraction of sp³-hybridized carbons (Fsp3) is 0.409. The number of sulfonamides is 1. The maximum atomic E-state index is 12.7. The minimum atomic E-state index is -3.41. The molecule has 156 valence electrons. The highest BCUT2D eigenvalue weighted by Gasteiger charge is 2.31. The smallest absolute Gasteiger partial charge is 0.227 e. The summed E-state index contributed by atoms with van der Waals surface area (Å²) in [6.45, 7) is 4.98. The molecule has 1 amide bonds. The van der Waals surface area contributed by atoms with Gasteiger partial charge in [0.05, 0.1) is 5.75 Å². The van der Waals surface area contributed by atoms with Crippen LogP contribution in [-0.2, 0) is 20.6 Å². The number of rotatable bonds is 6. The Hall–Kier alpha value is -1.89. The second-order valence-corrected chi connectivity index (χ2v) is 10.2. The van der Waals surface area contributed by atoms with Gasteiger partial charge in [0.2, 0.25) is 15.9 Å². The fourth-order valence-corrected chi connectivity index (χ4v) is 5.16. The lowest BCUT2D eigenvalue weighted by Gasteiger charge is -2.30. The Balaban J connectivity index is 1.53. The Kier molecular flexibility index (Phi) is 6.98. The van der Waals surface area contributed by atoms with Crippen molar-refractivity contribution in [3.63, 3.8) is 0 Å². The van der Waals surface area contributed by atoms with Gasteiger partial charge in [0.25, 0.3) is 0 Å². The molecular formula is C22H27ClN2O3S. The number of hydrogen-bond acceptors (Lipinski definition) is 3. The van der Waals surface area contributed by atoms with Crippen molar-refractivity contribution in [2.45, 2.75) is 38.4 Å². The zero-order valence-electron chi connectivity index (χ0n) is 16.8. The van der Waals surface area contributed by atoms with E-state index in [1.54, 1.807) is 24.3 Å². The van der Waals surface area contributed by atoms with E-state index < -0.39 is 10.0 Å². The maximum absolute atomic E-state index is 12.7. The van der Waals surface area contributed by atoms with Crippen LogP contribution in [-0.4, -0.2) is 31.7 Å². The van der Waals surface area contributed by atoms with Gasteiger partial charge in [-0.05, 0) is 54.2 Å². The summed E-state index contributed by atoms with van der Waals surface area (Å²) in [5, 5.41) is 3.54. The third-order valence-electron chi connectivity index (χ3n) is 5.33. The van der Waals surface area contributed by atoms with E-state index in [-0.39, 0.29) is 17.6 Å². The first-order valence-electron chi connectivity index (χ1n) is 9.87. The highest BCUT2D eigenvalue weighted by Crippen LogP contribution is 2.24. The molecule has 1 heterocycles. The predicted molar refractivity (Wildman–Crippen MR) is 118 cm³/mol. The van der Waals surface area contributed by atoms with Gasteiger partial charge in [0, 0.05) is 29.7 Å². The monoisotopic (exact) mass is 434 g/mol. The molecule has 0 aromatic heterocycles. The van der Waals surface area contributed by atoms with Gasteiger partial charge in [-0.25, -0.2) is 12.7 Å². The van der Waals surface area contributed by atoms with Crippen molar-refractivity contribution in [2.24, 2.45) is 5.92 Å². The minimum Gasteiger partial charge on any atom is -0.326 e. The molecule has 5 nitrogen and oxygen atoms in total. The Bertz CT molecular complexity index is 933. The van der Waals surface area contributed by atoms with Crippen molar-refractivity contribution in [2.75, 3.05) is 18.4 Å². The molecule has 2 aromatic carbocycles. The molecule has 1 saturated heterocycles. The van der Waals surface area contributed by atoms with Crippen LogP contribution >= 0.6 is 11.6 Å². The number of hydrogen-bond donors (Lipinski definition) is 1. The molecule has 1 fully saturated rings. The Morgan fingerprint density at radius 3 is 2.21 bits per heavy atom. The molecule has 0 bridgehead atoms. The van der Waals surface area contributed by atoms with Gasteiger partial charge in [0.15, 0.2) is 0 Å². The summed E-state index contributed by atoms with van der Waals surface area (Å²) in [5.74, 6) is 0.168. The molecule has 0 saturated carbocycles. The largest absolute Gasteiger partial charge is 0.326 e. The summed E-state index contributed by atoms with van der Waals surface area (Å²) in [5.41, 5.74) is 2.71. The molecule has 1 aliphatic heterocycles. The molecule has 1 aliphatic rings. The molecule has 0 aliphatic carbocycles. The van der Waals surface area contributed by atoms with Crippen molar-refractivity contribution < 1.29 is 13.2 Å². The topological polar surface area (TPSA) is 66.5 Å². The average Bonchev–Trinajstić information content (AvgIpc) is 2.70. The van der Waals surface area contributed by atoms with E-state index in [2.05, 4.69) is 19.2 Å². The maximum Gasteiger partial charge on any atom is 0.227 e. The SMILES string of the molecule is CC(C)c1ccc(NC(=O)C2CCN(S(=O)(=O)Cc3ccc(Cl)cc3)CC2)cc1. The van der Waals surface area contributed by atoms with Crippen LogP contribution in [0.4, 0.5) is 5.69 Å². The molecule has 0 unspecified atom stereocenters. The number of benzene rings is 2. The summed E-state index contributed by atoms with van der Waals surface area (Å²) in [6, 6.07) is 14.7. The van der Waals surface area contributed by atoms with Crippen molar-refractivity contribution in [3.05, 3.63) is 64.7 Å². The highest BCUT2D eigenvalue weighted by atomic mass is 35.5. The van der Waals surface area contributed by atoms with E-state index in [0.29, 0.717) is 42.4 Å². The molecule has 3 rings (SSSR count). The van der Waals surface area contributed by atoms with Crippen LogP contribution in [0.25, 0.3) is 0 Å². The van der Waals surface area contributed by atoms with Crippen LogP contribution in [0.1, 0.15) is 43.7 Å². The second kappa shape index (κ2) is 9.28. The fourth-order valence-electron chi connectivity index (χ4n) is 3.47. The second-order valence-electron chi connectivity index (χ2n) is 7.82. The molecule has 0 spiro atoms. The number of carbonyl (C=O) groups excluding carboxylic acids is 1. The lowest BCUT2D eigenvalue weighted by molar-refractivity contribution is -0.120. The minimum absolute atomic E-state index is 0.0444. The Morgan fingerprint density at radius 1 is 1.07 bits per heavy atom. The summed E-state index contributed by atoms with van der Waals surface area (Å²) >= 11 is 5.86. The van der Waals surface area contributed by atoms with Gasteiger partial charge >= 0.3 is 0 Å². The summed E-state index contributed by atoms with van der Waals surface area (Å²) in [7, 11) is -3.41. The Labute approximate surface area is 178 Å². The van der Waals surface area contributed by atoms with E-state index >= 15 is 0 Å². The first-order chi connectivity index (χ1) is 13.7. The molecular weight excluding hydrogens is 408 g/mol. The van der Waals surface area contributed by atoms with Gasteiger partial charge < -0.3 is 5.32 Å². The zero-order chi connectivity index (χ0) is 21.0. The number of anilines is 1. The summed E-state index contributed by atoms with van der Waals surface area (Å²) < 4.78 is 26.9. The van der Waals surface area contributed by atoms with Gasteiger partial charge in [-0.3, -0.25) is 4.79 Å². The molecule has 2 aromatic rings. The van der Waals surface area contributed by atoms with Crippen molar-refractivity contribution >= 4 is 33.2 Å². The molecule has 0 radical (unpaired) electrons. The normalized spacial score (nSPS) is 16.1. The standard InChI is InChI=1S/C22H27ClN2O3S/c1-16(2)18-5-9-21(10-6-18)24-22(26)19-11-13-25(14-12-19)29(27,28)15-17-3-7-20(23)8-4-17/h3-10,16,19H,11-15H2,1-2H3,(H,24,26). The quantitative estimate of drug-likeness (QED) is 0.719. The van der Waals surface area contributed by atoms with Crippen LogP contribution in [0.2, 0.25) is 5.02 Å². The van der Waals surface area contributed by atoms with Crippen molar-refractivity contribution in [1.82, 2.24) is 4.31 Å². The van der Waals surface area contributed by atoms with E-state index in [0.717, 1.165) is 5.69 Å². The first-order valence-corrected chi connectivity index (χ1v) is 11.9. The van der Waals surface area contributed by atoms with Gasteiger partial charge in [-0.1, -0.05) is 49.7 Å². The lowest BCUT2D eigenvalue weighted by Crippen LogP contribution is -2.41. The van der Waals surface area contributed by atoms with Crippen molar-refractivity contribution in [3.8, 4) is 0 Å². The Morgan fingerprint density at radius 2 is 1.66 bits per heavy atom. The molecule has 0 atom stereocenters. The van der Waals surface area contributed by atoms with E-state index in [9.17, 15) is 13.2 Å². The number of nitrogens with one attached hydrogen (secondary N) is 1. The number of halogens is 1. The summed E-state index contributed by atoms with van der Waals surface area (Å²) in [6.07, 6.45) is 1.05. The van der Waals surface area contributed by atoms with Gasteiger partial charge in [-0.15, -0.1) is 0 Å². The van der Waals surface area contributed by atoms with E-state index in [1.165, 1.54) is 9.87 Å². The zero-order valence-corrected chi connectivity index (χ0v) is 18.3. The number of piperidine rings is 1.